The van der Waals surface area contributed by atoms with E-state index in [1.807, 2.05) is 63.2 Å². The van der Waals surface area contributed by atoms with Crippen molar-refractivity contribution in [1.82, 2.24) is 4.98 Å². The topological polar surface area (TPSA) is 93.5 Å². The molecule has 0 aliphatic heterocycles. The van der Waals surface area contributed by atoms with Gasteiger partial charge in [-0.05, 0) is 50.6 Å². The maximum atomic E-state index is 12.9. The van der Waals surface area contributed by atoms with Crippen molar-refractivity contribution in [2.45, 2.75) is 42.2 Å². The summed E-state index contributed by atoms with van der Waals surface area (Å²) in [5, 5.41) is 4.97. The molecule has 0 aliphatic rings. The molecule has 0 saturated carbocycles. The first-order valence-corrected chi connectivity index (χ1v) is 13.2. The zero-order valence-electron chi connectivity index (χ0n) is 19.3. The molecule has 2 heterocycles. The first kappa shape index (κ1) is 25.1. The Kier molecular flexibility index (Phi) is 7.69. The van der Waals surface area contributed by atoms with E-state index < -0.39 is 22.7 Å². The van der Waals surface area contributed by atoms with Crippen molar-refractivity contribution in [3.05, 3.63) is 77.4 Å². The average molecular weight is 530 g/mol. The number of carbonyl (C=O) groups is 1. The van der Waals surface area contributed by atoms with E-state index in [1.165, 1.54) is 11.8 Å². The van der Waals surface area contributed by atoms with Crippen molar-refractivity contribution >= 4 is 62.8 Å². The highest BCUT2D eigenvalue weighted by molar-refractivity contribution is 7.98. The highest BCUT2D eigenvalue weighted by atomic mass is 35.5. The summed E-state index contributed by atoms with van der Waals surface area (Å²) in [5.41, 5.74) is 2.21. The van der Waals surface area contributed by atoms with E-state index in [0.717, 1.165) is 10.9 Å². The Morgan fingerprint density at radius 3 is 2.71 bits per heavy atom. The Bertz CT molecular complexity index is 1350. The standard InChI is InChI=1S/C25H24ClN3O4S2/c1-25(2,3)33-24(30)28-19-9-6-7-16(11-19)15-34-23-20(13-18(26)14-27-23)29-35(31)22-12-17-8-4-5-10-21(17)32-22/h4-14,29H,15H2,1-3H3,(H,28,30). The van der Waals surface area contributed by atoms with E-state index in [2.05, 4.69) is 15.0 Å². The average Bonchev–Trinajstić information content (AvgIpc) is 3.22. The van der Waals surface area contributed by atoms with Crippen molar-refractivity contribution in [2.24, 2.45) is 0 Å². The fourth-order valence-electron chi connectivity index (χ4n) is 3.13. The number of hydrogen-bond acceptors (Lipinski definition) is 6. The second kappa shape index (κ2) is 10.7. The highest BCUT2D eigenvalue weighted by Gasteiger charge is 2.17. The van der Waals surface area contributed by atoms with Crippen LogP contribution in [0.2, 0.25) is 5.02 Å². The number of benzene rings is 2. The lowest BCUT2D eigenvalue weighted by atomic mass is 10.2. The first-order valence-electron chi connectivity index (χ1n) is 10.7. The van der Waals surface area contributed by atoms with Gasteiger partial charge in [0.2, 0.25) is 5.09 Å². The lowest BCUT2D eigenvalue weighted by Crippen LogP contribution is -2.27. The van der Waals surface area contributed by atoms with Crippen LogP contribution in [0.5, 0.6) is 0 Å². The second-order valence-electron chi connectivity index (χ2n) is 8.60. The molecule has 4 rings (SSSR count). The number of para-hydroxylation sites is 1. The van der Waals surface area contributed by atoms with Gasteiger partial charge in [-0.25, -0.2) is 14.0 Å². The minimum absolute atomic E-state index is 0.308. The summed E-state index contributed by atoms with van der Waals surface area (Å²) in [7, 11) is -1.64. The number of hydrogen-bond donors (Lipinski definition) is 2. The molecule has 1 atom stereocenters. The minimum atomic E-state index is -1.64. The smallest absolute Gasteiger partial charge is 0.412 e. The number of nitrogens with zero attached hydrogens (tertiary/aromatic N) is 1. The van der Waals surface area contributed by atoms with E-state index in [9.17, 15) is 9.00 Å². The fourth-order valence-corrected chi connectivity index (χ4v) is 5.08. The number of carbonyl (C=O) groups excluding carboxylic acids is 1. The van der Waals surface area contributed by atoms with Crippen molar-refractivity contribution in [2.75, 3.05) is 10.0 Å². The summed E-state index contributed by atoms with van der Waals surface area (Å²) in [5.74, 6) is 0.560. The Morgan fingerprint density at radius 2 is 1.94 bits per heavy atom. The number of fused-ring (bicyclic) bond motifs is 1. The summed E-state index contributed by atoms with van der Waals surface area (Å²) in [6, 6.07) is 18.4. The van der Waals surface area contributed by atoms with Gasteiger partial charge in [-0.1, -0.05) is 53.7 Å². The number of nitrogens with one attached hydrogen (secondary N) is 2. The molecule has 1 unspecified atom stereocenters. The molecule has 2 N–H and O–H groups in total. The summed E-state index contributed by atoms with van der Waals surface area (Å²) < 4.78 is 26.9. The first-order chi connectivity index (χ1) is 16.7. The Morgan fingerprint density at radius 1 is 1.14 bits per heavy atom. The molecule has 10 heteroatoms. The van der Waals surface area contributed by atoms with Crippen molar-refractivity contribution in [1.29, 1.82) is 0 Å². The van der Waals surface area contributed by atoms with Crippen LogP contribution in [0.1, 0.15) is 26.3 Å². The maximum Gasteiger partial charge on any atom is 0.412 e. The van der Waals surface area contributed by atoms with E-state index in [0.29, 0.717) is 37.9 Å². The molecule has 2 aromatic carbocycles. The van der Waals surface area contributed by atoms with Gasteiger partial charge < -0.3 is 9.15 Å². The summed E-state index contributed by atoms with van der Waals surface area (Å²) in [6.07, 6.45) is 1.03. The van der Waals surface area contributed by atoms with Crippen LogP contribution in [0, 0.1) is 0 Å². The SMILES string of the molecule is CC(C)(C)OC(=O)Nc1cccc(CSc2ncc(Cl)cc2NS(=O)c2cc3ccccc3o2)c1. The van der Waals surface area contributed by atoms with E-state index in [4.69, 9.17) is 20.8 Å². The van der Waals surface area contributed by atoms with E-state index in [1.54, 1.807) is 24.4 Å². The lowest BCUT2D eigenvalue weighted by Gasteiger charge is -2.19. The third-order valence-corrected chi connectivity index (χ3v) is 6.81. The van der Waals surface area contributed by atoms with Gasteiger partial charge in [0.25, 0.3) is 0 Å². The van der Waals surface area contributed by atoms with Gasteiger partial charge in [0.1, 0.15) is 16.2 Å². The second-order valence-corrected chi connectivity index (χ2v) is 11.1. The Hall–Kier alpha value is -3.01. The third kappa shape index (κ3) is 7.00. The quantitative estimate of drug-likeness (QED) is 0.245. The number of aromatic nitrogens is 1. The Balaban J connectivity index is 1.45. The van der Waals surface area contributed by atoms with Crippen molar-refractivity contribution in [3.63, 3.8) is 0 Å². The molecule has 0 spiro atoms. The number of halogens is 1. The van der Waals surface area contributed by atoms with Crippen LogP contribution in [0.15, 0.2) is 81.4 Å². The maximum absolute atomic E-state index is 12.9. The van der Waals surface area contributed by atoms with Crippen molar-refractivity contribution in [3.8, 4) is 0 Å². The fraction of sp³-hybridized carbons (Fsp3) is 0.200. The summed E-state index contributed by atoms with van der Waals surface area (Å²) in [4.78, 5) is 16.5. The van der Waals surface area contributed by atoms with Gasteiger partial charge in [0, 0.05) is 29.1 Å². The molecule has 1 amide bonds. The lowest BCUT2D eigenvalue weighted by molar-refractivity contribution is 0.0636. The van der Waals surface area contributed by atoms with Crippen LogP contribution in [0.4, 0.5) is 16.2 Å². The van der Waals surface area contributed by atoms with Crippen LogP contribution >= 0.6 is 23.4 Å². The van der Waals surface area contributed by atoms with E-state index in [-0.39, 0.29) is 0 Å². The molecule has 2 aromatic heterocycles. The van der Waals surface area contributed by atoms with Crippen LogP contribution in [-0.2, 0) is 21.5 Å². The van der Waals surface area contributed by atoms with Gasteiger partial charge in [-0.2, -0.15) is 0 Å². The zero-order chi connectivity index (χ0) is 25.0. The number of pyridine rings is 1. The summed E-state index contributed by atoms with van der Waals surface area (Å²) >= 11 is 7.60. The molecule has 0 bridgehead atoms. The van der Waals surface area contributed by atoms with Gasteiger partial charge in [-0.3, -0.25) is 10.0 Å². The van der Waals surface area contributed by atoms with Gasteiger partial charge in [0.15, 0.2) is 11.0 Å². The molecule has 182 valence electrons. The molecule has 0 radical (unpaired) electrons. The van der Waals surface area contributed by atoms with Crippen molar-refractivity contribution < 1.29 is 18.2 Å². The largest absolute Gasteiger partial charge is 0.445 e. The molecular formula is C25H24ClN3O4S2. The highest BCUT2D eigenvalue weighted by Crippen LogP contribution is 2.32. The number of ether oxygens (including phenoxy) is 1. The number of rotatable bonds is 7. The number of thioether (sulfide) groups is 1. The normalized spacial score (nSPS) is 12.3. The molecule has 0 aliphatic carbocycles. The van der Waals surface area contributed by atoms with Gasteiger partial charge in [-0.15, -0.1) is 0 Å². The number of anilines is 2. The monoisotopic (exact) mass is 529 g/mol. The molecule has 7 nitrogen and oxygen atoms in total. The van der Waals surface area contributed by atoms with Gasteiger partial charge in [0.05, 0.1) is 10.7 Å². The molecule has 35 heavy (non-hydrogen) atoms. The summed E-state index contributed by atoms with van der Waals surface area (Å²) in [6.45, 7) is 5.43. The predicted octanol–water partition coefficient (Wildman–Crippen LogP) is 7.26. The number of furan rings is 1. The molecule has 0 fully saturated rings. The number of amides is 1. The van der Waals surface area contributed by atoms with Crippen LogP contribution in [-0.4, -0.2) is 20.9 Å². The molecule has 0 saturated heterocycles. The predicted molar refractivity (Wildman–Crippen MR) is 141 cm³/mol. The van der Waals surface area contributed by atoms with Crippen LogP contribution < -0.4 is 10.0 Å². The van der Waals surface area contributed by atoms with Crippen LogP contribution in [0.25, 0.3) is 11.0 Å². The molecule has 4 aromatic rings. The minimum Gasteiger partial charge on any atom is -0.445 e. The third-order valence-electron chi connectivity index (χ3n) is 4.55. The molecular weight excluding hydrogens is 506 g/mol. The zero-order valence-corrected chi connectivity index (χ0v) is 21.7. The van der Waals surface area contributed by atoms with Crippen LogP contribution in [0.3, 0.4) is 0 Å². The van der Waals surface area contributed by atoms with E-state index >= 15 is 0 Å². The van der Waals surface area contributed by atoms with Gasteiger partial charge >= 0.3 is 6.09 Å². The Labute approximate surface area is 215 Å².